The molecule has 0 bridgehead atoms. The minimum atomic E-state index is -5.35. The van der Waals surface area contributed by atoms with Crippen LogP contribution in [0.25, 0.3) is 11.3 Å². The van der Waals surface area contributed by atoms with Gasteiger partial charge in [0.05, 0.1) is 26.0 Å². The highest BCUT2D eigenvalue weighted by molar-refractivity contribution is 5.95. The zero-order chi connectivity index (χ0) is 32.6. The van der Waals surface area contributed by atoms with Crippen molar-refractivity contribution in [1.82, 2.24) is 15.6 Å². The smallest absolute Gasteiger partial charge is 0.424 e. The molecule has 3 aromatic rings. The van der Waals surface area contributed by atoms with Gasteiger partial charge in [0.25, 0.3) is 5.91 Å². The van der Waals surface area contributed by atoms with Crippen LogP contribution < -0.4 is 24.8 Å². The van der Waals surface area contributed by atoms with Gasteiger partial charge in [-0.25, -0.2) is 9.37 Å². The number of nitrogens with zero attached hydrogens (tertiary/aromatic N) is 1. The molecule has 1 saturated carbocycles. The molecule has 0 unspecified atom stereocenters. The minimum Gasteiger partial charge on any atom is -0.493 e. The van der Waals surface area contributed by atoms with E-state index >= 15 is 0 Å². The number of fused-ring (bicyclic) bond motifs is 1. The standard InChI is InChI=1S/C31H31F4N3O7/c1-29(28(41)37-20-8-9-20)16-45-26-21(29)14-24(38-25(26)17-3-6-19(32)7-4-17)30(42,31(33,34)35)15-36-27(40)18-5-10-22(44-12-11-39)23(13-18)43-2/h3-7,10,13-14,20,39,42H,8-9,11-12,15-16H2,1-2H3,(H,36,40)(H,37,41)/t29-,30-/m0/s1. The minimum absolute atomic E-state index is 0.0305. The molecule has 0 spiro atoms. The molecule has 1 aliphatic carbocycles. The van der Waals surface area contributed by atoms with Gasteiger partial charge in [-0.3, -0.25) is 9.59 Å². The third-order valence-corrected chi connectivity index (χ3v) is 7.78. The summed E-state index contributed by atoms with van der Waals surface area (Å²) in [6.45, 7) is -0.370. The topological polar surface area (TPSA) is 139 Å². The van der Waals surface area contributed by atoms with Gasteiger partial charge in [0, 0.05) is 22.7 Å². The Morgan fingerprint density at radius 2 is 1.82 bits per heavy atom. The van der Waals surface area contributed by atoms with Gasteiger partial charge < -0.3 is 35.1 Å². The van der Waals surface area contributed by atoms with Crippen molar-refractivity contribution in [3.05, 3.63) is 71.2 Å². The molecule has 4 N–H and O–H groups in total. The van der Waals surface area contributed by atoms with Crippen molar-refractivity contribution in [3.8, 4) is 28.5 Å². The zero-order valence-electron chi connectivity index (χ0n) is 24.3. The van der Waals surface area contributed by atoms with Crippen LogP contribution in [-0.2, 0) is 15.8 Å². The lowest BCUT2D eigenvalue weighted by Crippen LogP contribution is -2.52. The number of carbonyl (C=O) groups excluding carboxylic acids is 2. The van der Waals surface area contributed by atoms with Crippen LogP contribution in [0.2, 0.25) is 0 Å². The monoisotopic (exact) mass is 633 g/mol. The van der Waals surface area contributed by atoms with E-state index in [-0.39, 0.29) is 65.5 Å². The van der Waals surface area contributed by atoms with Gasteiger partial charge in [0.1, 0.15) is 35.9 Å². The summed E-state index contributed by atoms with van der Waals surface area (Å²) >= 11 is 0. The molecule has 240 valence electrons. The lowest BCUT2D eigenvalue weighted by molar-refractivity contribution is -0.265. The van der Waals surface area contributed by atoms with Gasteiger partial charge in [-0.2, -0.15) is 13.2 Å². The van der Waals surface area contributed by atoms with Crippen LogP contribution >= 0.6 is 0 Å². The third kappa shape index (κ3) is 6.25. The van der Waals surface area contributed by atoms with Crippen molar-refractivity contribution in [1.29, 1.82) is 0 Å². The first-order valence-corrected chi connectivity index (χ1v) is 14.1. The highest BCUT2D eigenvalue weighted by Gasteiger charge is 2.58. The van der Waals surface area contributed by atoms with Gasteiger partial charge in [-0.05, 0) is 68.3 Å². The maximum Gasteiger partial charge on any atom is 0.424 e. The zero-order valence-corrected chi connectivity index (χ0v) is 24.3. The highest BCUT2D eigenvalue weighted by Crippen LogP contribution is 2.48. The second-order valence-corrected chi connectivity index (χ2v) is 11.1. The Bertz CT molecular complexity index is 1600. The van der Waals surface area contributed by atoms with Crippen LogP contribution in [0, 0.1) is 5.82 Å². The molecule has 1 aromatic heterocycles. The summed E-state index contributed by atoms with van der Waals surface area (Å²) in [6, 6.07) is 9.55. The van der Waals surface area contributed by atoms with Crippen molar-refractivity contribution in [2.75, 3.05) is 33.5 Å². The molecule has 2 aromatic carbocycles. The van der Waals surface area contributed by atoms with E-state index in [0.717, 1.165) is 31.0 Å². The average molecular weight is 634 g/mol. The maximum atomic E-state index is 14.7. The third-order valence-electron chi connectivity index (χ3n) is 7.78. The van der Waals surface area contributed by atoms with Gasteiger partial charge in [-0.1, -0.05) is 0 Å². The number of nitrogens with one attached hydrogen (secondary N) is 2. The number of aromatic nitrogens is 1. The summed E-state index contributed by atoms with van der Waals surface area (Å²) in [5.74, 6) is -1.71. The summed E-state index contributed by atoms with van der Waals surface area (Å²) in [5, 5.41) is 25.3. The van der Waals surface area contributed by atoms with Crippen LogP contribution in [0.1, 0.15) is 41.4 Å². The van der Waals surface area contributed by atoms with E-state index in [1.165, 1.54) is 44.4 Å². The number of hydrogen-bond acceptors (Lipinski definition) is 8. The number of alkyl halides is 3. The van der Waals surface area contributed by atoms with Gasteiger partial charge >= 0.3 is 6.18 Å². The molecule has 10 nitrogen and oxygen atoms in total. The fourth-order valence-corrected chi connectivity index (χ4v) is 4.89. The van der Waals surface area contributed by atoms with Crippen molar-refractivity contribution >= 4 is 11.8 Å². The molecule has 2 aliphatic rings. The summed E-state index contributed by atoms with van der Waals surface area (Å²) in [7, 11) is 1.30. The van der Waals surface area contributed by atoms with E-state index in [9.17, 15) is 32.3 Å². The van der Waals surface area contributed by atoms with Crippen molar-refractivity contribution in [3.63, 3.8) is 0 Å². The number of rotatable bonds is 11. The van der Waals surface area contributed by atoms with Crippen LogP contribution in [-0.4, -0.2) is 72.7 Å². The van der Waals surface area contributed by atoms with Crippen molar-refractivity contribution < 1.29 is 51.6 Å². The Kier molecular flexibility index (Phi) is 8.64. The average Bonchev–Trinajstić information content (AvgIpc) is 3.77. The normalized spacial score (nSPS) is 18.8. The number of methoxy groups -OCH3 is 1. The Morgan fingerprint density at radius 3 is 2.44 bits per heavy atom. The van der Waals surface area contributed by atoms with Gasteiger partial charge in [0.2, 0.25) is 11.5 Å². The summed E-state index contributed by atoms with van der Waals surface area (Å²) in [6.07, 6.45) is -3.81. The molecular formula is C31H31F4N3O7. The second-order valence-electron chi connectivity index (χ2n) is 11.1. The van der Waals surface area contributed by atoms with E-state index < -0.39 is 47.1 Å². The van der Waals surface area contributed by atoms with Crippen molar-refractivity contribution in [2.45, 2.75) is 43.0 Å². The largest absolute Gasteiger partial charge is 0.493 e. The first kappa shape index (κ1) is 32.0. The predicted octanol–water partition coefficient (Wildman–Crippen LogP) is 3.38. The number of benzene rings is 2. The lowest BCUT2D eigenvalue weighted by atomic mass is 9.81. The Balaban J connectivity index is 1.54. The number of amides is 2. The number of hydrogen-bond donors (Lipinski definition) is 4. The quantitative estimate of drug-likeness (QED) is 0.236. The SMILES string of the molecule is COc1cc(C(=O)NC[C@](O)(c2cc3c(c(-c4ccc(F)cc4)n2)OC[C@]3(C)C(=O)NC2CC2)C(F)(F)F)ccc1OCCO. The summed E-state index contributed by atoms with van der Waals surface area (Å²) in [4.78, 5) is 30.4. The second kappa shape index (κ2) is 12.2. The van der Waals surface area contributed by atoms with Crippen molar-refractivity contribution in [2.24, 2.45) is 0 Å². The number of pyridine rings is 1. The lowest BCUT2D eigenvalue weighted by Gasteiger charge is -2.31. The molecule has 0 radical (unpaired) electrons. The van der Waals surface area contributed by atoms with E-state index in [4.69, 9.17) is 19.3 Å². The number of ether oxygens (including phenoxy) is 3. The molecular weight excluding hydrogens is 602 g/mol. The number of aliphatic hydroxyl groups excluding tert-OH is 1. The van der Waals surface area contributed by atoms with Gasteiger partial charge in [0.15, 0.2) is 11.5 Å². The first-order valence-electron chi connectivity index (χ1n) is 14.1. The molecule has 1 aliphatic heterocycles. The molecule has 2 amide bonds. The molecule has 2 heterocycles. The van der Waals surface area contributed by atoms with Gasteiger partial charge in [-0.15, -0.1) is 0 Å². The Labute approximate surface area is 255 Å². The number of halogens is 4. The molecule has 1 fully saturated rings. The number of carbonyl (C=O) groups is 2. The van der Waals surface area contributed by atoms with E-state index in [2.05, 4.69) is 15.6 Å². The Hall–Kier alpha value is -4.43. The summed E-state index contributed by atoms with van der Waals surface area (Å²) < 4.78 is 74.3. The summed E-state index contributed by atoms with van der Waals surface area (Å²) in [5.41, 5.74) is -6.04. The van der Waals surface area contributed by atoms with Crippen LogP contribution in [0.5, 0.6) is 17.2 Å². The van der Waals surface area contributed by atoms with Crippen LogP contribution in [0.4, 0.5) is 17.6 Å². The molecule has 2 atom stereocenters. The maximum absolute atomic E-state index is 14.7. The fraction of sp³-hybridized carbons (Fsp3) is 0.387. The van der Waals surface area contributed by atoms with E-state index in [1.54, 1.807) is 0 Å². The molecule has 14 heteroatoms. The fourth-order valence-electron chi connectivity index (χ4n) is 4.89. The van der Waals surface area contributed by atoms with Crippen LogP contribution in [0.15, 0.2) is 48.5 Å². The van der Waals surface area contributed by atoms with E-state index in [0.29, 0.717) is 0 Å². The van der Waals surface area contributed by atoms with E-state index in [1.807, 2.05) is 0 Å². The first-order chi connectivity index (χ1) is 21.3. The molecule has 0 saturated heterocycles. The predicted molar refractivity (Wildman–Crippen MR) is 152 cm³/mol. The van der Waals surface area contributed by atoms with Crippen LogP contribution in [0.3, 0.4) is 0 Å². The highest BCUT2D eigenvalue weighted by atomic mass is 19.4. The number of aliphatic hydroxyl groups is 2. The molecule has 5 rings (SSSR count). The molecule has 45 heavy (non-hydrogen) atoms. The Morgan fingerprint density at radius 1 is 1.11 bits per heavy atom.